The number of rotatable bonds is 1. The summed E-state index contributed by atoms with van der Waals surface area (Å²) in [5.74, 6) is -2.73. The summed E-state index contributed by atoms with van der Waals surface area (Å²) in [4.78, 5) is 27.2. The zero-order chi connectivity index (χ0) is 13.3. The Balaban J connectivity index is 2.37. The molecule has 0 N–H and O–H groups in total. The number of esters is 2. The van der Waals surface area contributed by atoms with Gasteiger partial charge in [0.05, 0.1) is 0 Å². The first-order valence-corrected chi connectivity index (χ1v) is 5.56. The number of hydrogen-bond donors (Lipinski definition) is 0. The van der Waals surface area contributed by atoms with Gasteiger partial charge in [0.1, 0.15) is 10.7 Å². The number of hydrogen-bond acceptors (Lipinski definition) is 5. The van der Waals surface area contributed by atoms with Gasteiger partial charge < -0.3 is 9.47 Å². The number of carbonyl (C=O) groups is 2. The maximum Gasteiger partial charge on any atom is 0.348 e. The highest BCUT2D eigenvalue weighted by atomic mass is 35.5. The van der Waals surface area contributed by atoms with Crippen LogP contribution in [0.25, 0.3) is 6.08 Å². The van der Waals surface area contributed by atoms with Crippen molar-refractivity contribution in [2.75, 3.05) is 0 Å². The lowest BCUT2D eigenvalue weighted by Gasteiger charge is -2.29. The lowest BCUT2D eigenvalue weighted by molar-refractivity contribution is -0.222. The molecule has 0 unspecified atom stereocenters. The van der Waals surface area contributed by atoms with Gasteiger partial charge in [-0.15, -0.1) is 0 Å². The molecule has 1 aromatic rings. The number of nitrogens with zero attached hydrogens (tertiary/aromatic N) is 1. The zero-order valence-corrected chi connectivity index (χ0v) is 10.5. The highest BCUT2D eigenvalue weighted by Gasteiger charge is 2.38. The van der Waals surface area contributed by atoms with Crippen molar-refractivity contribution < 1.29 is 19.1 Å². The number of cyclic esters (lactones) is 2. The monoisotopic (exact) mass is 267 g/mol. The first-order chi connectivity index (χ1) is 8.39. The van der Waals surface area contributed by atoms with E-state index in [1.165, 1.54) is 26.1 Å². The molecule has 0 aromatic carbocycles. The zero-order valence-electron chi connectivity index (χ0n) is 9.77. The Kier molecular flexibility index (Phi) is 3.09. The summed E-state index contributed by atoms with van der Waals surface area (Å²) in [7, 11) is 0. The highest BCUT2D eigenvalue weighted by Crippen LogP contribution is 2.25. The van der Waals surface area contributed by atoms with Crippen LogP contribution in [-0.2, 0) is 19.1 Å². The fraction of sp³-hybridized carbons (Fsp3) is 0.250. The van der Waals surface area contributed by atoms with Crippen molar-refractivity contribution in [2.24, 2.45) is 0 Å². The summed E-state index contributed by atoms with van der Waals surface area (Å²) in [5.41, 5.74) is 0.243. The summed E-state index contributed by atoms with van der Waals surface area (Å²) in [6, 6.07) is 3.27. The van der Waals surface area contributed by atoms with Crippen molar-refractivity contribution in [3.8, 4) is 0 Å². The van der Waals surface area contributed by atoms with E-state index in [1.54, 1.807) is 12.1 Å². The van der Waals surface area contributed by atoms with E-state index >= 15 is 0 Å². The van der Waals surface area contributed by atoms with Crippen molar-refractivity contribution in [1.82, 2.24) is 4.98 Å². The molecule has 1 aliphatic rings. The fourth-order valence-corrected chi connectivity index (χ4v) is 1.61. The molecule has 2 rings (SSSR count). The van der Waals surface area contributed by atoms with Crippen LogP contribution >= 0.6 is 11.6 Å². The van der Waals surface area contributed by atoms with Gasteiger partial charge in [-0.25, -0.2) is 14.6 Å². The van der Waals surface area contributed by atoms with Gasteiger partial charge >= 0.3 is 11.9 Å². The van der Waals surface area contributed by atoms with E-state index in [9.17, 15) is 9.59 Å². The Labute approximate surface area is 108 Å². The molecular weight excluding hydrogens is 258 g/mol. The van der Waals surface area contributed by atoms with Crippen LogP contribution in [0.4, 0.5) is 0 Å². The minimum atomic E-state index is -1.25. The van der Waals surface area contributed by atoms with Crippen molar-refractivity contribution in [3.05, 3.63) is 34.6 Å². The van der Waals surface area contributed by atoms with E-state index in [-0.39, 0.29) is 10.7 Å². The summed E-state index contributed by atoms with van der Waals surface area (Å²) >= 11 is 5.84. The van der Waals surface area contributed by atoms with Crippen LogP contribution in [0, 0.1) is 0 Å². The summed E-state index contributed by atoms with van der Waals surface area (Å²) in [5, 5.41) is 0.190. The molecule has 1 aromatic heterocycles. The van der Waals surface area contributed by atoms with E-state index < -0.39 is 17.7 Å². The molecule has 1 aliphatic heterocycles. The summed E-state index contributed by atoms with van der Waals surface area (Å²) in [6.45, 7) is 2.97. The van der Waals surface area contributed by atoms with Crippen LogP contribution in [0.5, 0.6) is 0 Å². The van der Waals surface area contributed by atoms with Gasteiger partial charge in [-0.1, -0.05) is 17.7 Å². The average Bonchev–Trinajstić information content (AvgIpc) is 2.24. The van der Waals surface area contributed by atoms with Gasteiger partial charge in [0.25, 0.3) is 5.79 Å². The lowest BCUT2D eigenvalue weighted by Crippen LogP contribution is -2.41. The minimum absolute atomic E-state index is 0.190. The Bertz CT molecular complexity index is 529. The van der Waals surface area contributed by atoms with E-state index in [0.29, 0.717) is 5.56 Å². The Morgan fingerprint density at radius 1 is 1.28 bits per heavy atom. The molecule has 0 atom stereocenters. The van der Waals surface area contributed by atoms with Crippen LogP contribution < -0.4 is 0 Å². The molecule has 18 heavy (non-hydrogen) atoms. The molecule has 0 bridgehead atoms. The molecule has 2 heterocycles. The van der Waals surface area contributed by atoms with Crippen LogP contribution in [0.1, 0.15) is 19.4 Å². The summed E-state index contributed by atoms with van der Waals surface area (Å²) in [6.07, 6.45) is 2.81. The smallest absolute Gasteiger partial charge is 0.348 e. The minimum Gasteiger partial charge on any atom is -0.419 e. The molecule has 0 radical (unpaired) electrons. The molecule has 0 saturated carbocycles. The second-order valence-electron chi connectivity index (χ2n) is 4.12. The lowest BCUT2D eigenvalue weighted by atomic mass is 10.1. The van der Waals surface area contributed by atoms with Crippen molar-refractivity contribution in [2.45, 2.75) is 19.6 Å². The third-order valence-electron chi connectivity index (χ3n) is 2.20. The third-order valence-corrected chi connectivity index (χ3v) is 2.52. The Hall–Kier alpha value is -1.88. The topological polar surface area (TPSA) is 65.5 Å². The van der Waals surface area contributed by atoms with Crippen LogP contribution in [0.15, 0.2) is 23.9 Å². The Morgan fingerprint density at radius 2 is 1.89 bits per heavy atom. The van der Waals surface area contributed by atoms with Crippen LogP contribution in [-0.4, -0.2) is 22.7 Å². The number of aromatic nitrogens is 1. The molecule has 6 heteroatoms. The van der Waals surface area contributed by atoms with Crippen LogP contribution in [0.2, 0.25) is 5.15 Å². The van der Waals surface area contributed by atoms with Crippen molar-refractivity contribution in [1.29, 1.82) is 0 Å². The van der Waals surface area contributed by atoms with E-state index in [1.807, 2.05) is 0 Å². The second-order valence-corrected chi connectivity index (χ2v) is 4.48. The first-order valence-electron chi connectivity index (χ1n) is 5.18. The maximum atomic E-state index is 11.7. The van der Waals surface area contributed by atoms with Gasteiger partial charge in [-0.2, -0.15) is 0 Å². The standard InChI is InChI=1S/C12H10ClNO4/c1-12(2)17-10(15)8(11(16)18-12)6-7-4-3-5-14-9(7)13/h3-6H,1-2H3. The highest BCUT2D eigenvalue weighted by molar-refractivity contribution is 6.31. The van der Waals surface area contributed by atoms with E-state index in [4.69, 9.17) is 21.1 Å². The van der Waals surface area contributed by atoms with Crippen LogP contribution in [0.3, 0.4) is 0 Å². The molecule has 1 fully saturated rings. The van der Waals surface area contributed by atoms with Gasteiger partial charge in [-0.3, -0.25) is 0 Å². The average molecular weight is 268 g/mol. The number of ether oxygens (including phenoxy) is 2. The first kappa shape index (κ1) is 12.6. The molecular formula is C12H10ClNO4. The fourth-order valence-electron chi connectivity index (χ4n) is 1.44. The number of halogens is 1. The molecule has 1 saturated heterocycles. The maximum absolute atomic E-state index is 11.7. The number of carbonyl (C=O) groups excluding carboxylic acids is 2. The van der Waals surface area contributed by atoms with Crippen molar-refractivity contribution >= 4 is 29.6 Å². The predicted octanol–water partition coefficient (Wildman–Crippen LogP) is 1.95. The van der Waals surface area contributed by atoms with Gasteiger partial charge in [0, 0.05) is 25.6 Å². The predicted molar refractivity (Wildman–Crippen MR) is 63.5 cm³/mol. The molecule has 5 nitrogen and oxygen atoms in total. The molecule has 0 aliphatic carbocycles. The van der Waals surface area contributed by atoms with E-state index in [0.717, 1.165) is 0 Å². The van der Waals surface area contributed by atoms with E-state index in [2.05, 4.69) is 4.98 Å². The number of pyridine rings is 1. The van der Waals surface area contributed by atoms with Gasteiger partial charge in [-0.05, 0) is 12.1 Å². The normalized spacial score (nSPS) is 18.1. The molecule has 94 valence electrons. The SMILES string of the molecule is CC1(C)OC(=O)C(=Cc2cccnc2Cl)C(=O)O1. The van der Waals surface area contributed by atoms with Crippen molar-refractivity contribution in [3.63, 3.8) is 0 Å². The van der Waals surface area contributed by atoms with Gasteiger partial charge in [0.2, 0.25) is 0 Å². The van der Waals surface area contributed by atoms with Gasteiger partial charge in [0.15, 0.2) is 0 Å². The molecule has 0 amide bonds. The molecule has 0 spiro atoms. The second kappa shape index (κ2) is 4.42. The Morgan fingerprint density at radius 3 is 2.44 bits per heavy atom. The summed E-state index contributed by atoms with van der Waals surface area (Å²) < 4.78 is 9.91. The quantitative estimate of drug-likeness (QED) is 0.337. The third kappa shape index (κ3) is 2.51. The largest absolute Gasteiger partial charge is 0.419 e.